The summed E-state index contributed by atoms with van der Waals surface area (Å²) in [6, 6.07) is 1.33. The van der Waals surface area contributed by atoms with Crippen molar-refractivity contribution in [2.45, 2.75) is 38.0 Å². The first-order valence-corrected chi connectivity index (χ1v) is 5.04. The summed E-state index contributed by atoms with van der Waals surface area (Å²) in [5.74, 6) is -0.412. The van der Waals surface area contributed by atoms with Gasteiger partial charge >= 0.3 is 0 Å². The lowest BCUT2D eigenvalue weighted by Crippen LogP contribution is -2.61. The molecule has 82 valence electrons. The number of hydrogen-bond acceptors (Lipinski definition) is 3. The van der Waals surface area contributed by atoms with Crippen molar-refractivity contribution >= 4 is 0 Å². The Hall–Kier alpha value is -1.00. The van der Waals surface area contributed by atoms with Crippen LogP contribution in [0.1, 0.15) is 31.9 Å². The van der Waals surface area contributed by atoms with Crippen molar-refractivity contribution in [3.05, 3.63) is 29.8 Å². The summed E-state index contributed by atoms with van der Waals surface area (Å²) in [7, 11) is 0. The summed E-state index contributed by atoms with van der Waals surface area (Å²) in [5.41, 5.74) is 0.606. The number of pyridine rings is 1. The molecule has 1 aliphatic heterocycles. The summed E-state index contributed by atoms with van der Waals surface area (Å²) in [4.78, 5) is 3.72. The van der Waals surface area contributed by atoms with E-state index in [9.17, 15) is 9.50 Å². The van der Waals surface area contributed by atoms with Crippen molar-refractivity contribution in [3.8, 4) is 0 Å². The lowest BCUT2D eigenvalue weighted by Gasteiger charge is -2.46. The first-order valence-electron chi connectivity index (χ1n) is 5.04. The predicted octanol–water partition coefficient (Wildman–Crippen LogP) is 1.39. The number of halogens is 1. The maximum absolute atomic E-state index is 12.9. The number of aromatic nitrogens is 1. The standard InChI is InChI=1S/C11H15FN2O/c1-11(2)4-9(14-11)10(15)7-3-8(12)6-13-5-7/h3,5-6,9-10,14-15H,4H2,1-2H3/t9?,10-/m0/s1. The largest absolute Gasteiger partial charge is 0.387 e. The molecule has 3 nitrogen and oxygen atoms in total. The van der Waals surface area contributed by atoms with Crippen LogP contribution in [0.5, 0.6) is 0 Å². The van der Waals surface area contributed by atoms with Crippen LogP contribution < -0.4 is 5.32 Å². The Balaban J connectivity index is 2.06. The quantitative estimate of drug-likeness (QED) is 0.775. The van der Waals surface area contributed by atoms with Gasteiger partial charge in [-0.15, -0.1) is 0 Å². The van der Waals surface area contributed by atoms with Crippen LogP contribution in [0.25, 0.3) is 0 Å². The fourth-order valence-corrected chi connectivity index (χ4v) is 2.04. The third-order valence-electron chi connectivity index (χ3n) is 2.76. The van der Waals surface area contributed by atoms with Crippen LogP contribution >= 0.6 is 0 Å². The Morgan fingerprint density at radius 1 is 1.60 bits per heavy atom. The molecule has 0 aliphatic carbocycles. The molecular weight excluding hydrogens is 195 g/mol. The molecule has 1 aliphatic rings. The average Bonchev–Trinajstić information content (AvgIpc) is 2.13. The van der Waals surface area contributed by atoms with E-state index in [2.05, 4.69) is 24.1 Å². The van der Waals surface area contributed by atoms with E-state index in [0.29, 0.717) is 5.56 Å². The first-order chi connectivity index (χ1) is 6.98. The minimum Gasteiger partial charge on any atom is -0.387 e. The molecule has 2 heterocycles. The van der Waals surface area contributed by atoms with Crippen molar-refractivity contribution in [2.24, 2.45) is 0 Å². The van der Waals surface area contributed by atoms with Crippen molar-refractivity contribution in [2.75, 3.05) is 0 Å². The van der Waals surface area contributed by atoms with Crippen molar-refractivity contribution < 1.29 is 9.50 Å². The fourth-order valence-electron chi connectivity index (χ4n) is 2.04. The molecule has 2 rings (SSSR count). The van der Waals surface area contributed by atoms with E-state index in [1.54, 1.807) is 0 Å². The molecule has 0 spiro atoms. The van der Waals surface area contributed by atoms with E-state index in [-0.39, 0.29) is 11.6 Å². The Morgan fingerprint density at radius 3 is 2.80 bits per heavy atom. The molecule has 1 saturated heterocycles. The van der Waals surface area contributed by atoms with Gasteiger partial charge in [-0.1, -0.05) is 0 Å². The number of aliphatic hydroxyl groups is 1. The van der Waals surface area contributed by atoms with Gasteiger partial charge < -0.3 is 10.4 Å². The van der Waals surface area contributed by atoms with Gasteiger partial charge in [-0.2, -0.15) is 0 Å². The molecule has 4 heteroatoms. The molecule has 2 atom stereocenters. The second-order valence-electron chi connectivity index (χ2n) is 4.72. The van der Waals surface area contributed by atoms with Gasteiger partial charge in [0.05, 0.1) is 12.3 Å². The Bertz CT molecular complexity index is 359. The zero-order valence-electron chi connectivity index (χ0n) is 8.87. The molecule has 0 saturated carbocycles. The smallest absolute Gasteiger partial charge is 0.141 e. The summed E-state index contributed by atoms with van der Waals surface area (Å²) in [5, 5.41) is 13.2. The number of nitrogens with zero attached hydrogens (tertiary/aromatic N) is 1. The number of nitrogens with one attached hydrogen (secondary N) is 1. The van der Waals surface area contributed by atoms with E-state index in [1.165, 1.54) is 12.3 Å². The molecule has 1 unspecified atom stereocenters. The number of aliphatic hydroxyl groups excluding tert-OH is 1. The van der Waals surface area contributed by atoms with Gasteiger partial charge in [-0.3, -0.25) is 4.98 Å². The monoisotopic (exact) mass is 210 g/mol. The van der Waals surface area contributed by atoms with Crippen LogP contribution in [0.4, 0.5) is 4.39 Å². The van der Waals surface area contributed by atoms with Crippen LogP contribution in [-0.2, 0) is 0 Å². The molecule has 0 aromatic carbocycles. The van der Waals surface area contributed by atoms with Gasteiger partial charge in [0, 0.05) is 23.3 Å². The second-order valence-corrected chi connectivity index (χ2v) is 4.72. The van der Waals surface area contributed by atoms with Crippen LogP contribution in [0.15, 0.2) is 18.5 Å². The van der Waals surface area contributed by atoms with E-state index < -0.39 is 11.9 Å². The topological polar surface area (TPSA) is 45.2 Å². The van der Waals surface area contributed by atoms with E-state index >= 15 is 0 Å². The Labute approximate surface area is 88.3 Å². The molecule has 2 N–H and O–H groups in total. The predicted molar refractivity (Wildman–Crippen MR) is 54.8 cm³/mol. The van der Waals surface area contributed by atoms with Gasteiger partial charge in [0.15, 0.2) is 0 Å². The minimum absolute atomic E-state index is 0.00333. The second kappa shape index (κ2) is 3.54. The fraction of sp³-hybridized carbons (Fsp3) is 0.545. The van der Waals surface area contributed by atoms with Crippen LogP contribution in [0, 0.1) is 5.82 Å². The van der Waals surface area contributed by atoms with Crippen LogP contribution in [-0.4, -0.2) is 21.7 Å². The first kappa shape index (κ1) is 10.5. The van der Waals surface area contributed by atoms with Crippen molar-refractivity contribution in [1.82, 2.24) is 10.3 Å². The number of rotatable bonds is 2. The third-order valence-corrected chi connectivity index (χ3v) is 2.76. The molecule has 1 fully saturated rings. The highest BCUT2D eigenvalue weighted by molar-refractivity contribution is 5.17. The van der Waals surface area contributed by atoms with Crippen molar-refractivity contribution in [3.63, 3.8) is 0 Å². The maximum atomic E-state index is 12.9. The zero-order valence-corrected chi connectivity index (χ0v) is 8.87. The van der Waals surface area contributed by atoms with Gasteiger partial charge in [0.2, 0.25) is 0 Å². The normalized spacial score (nSPS) is 25.7. The Kier molecular flexibility index (Phi) is 2.48. The average molecular weight is 210 g/mol. The van der Waals surface area contributed by atoms with Crippen LogP contribution in [0.3, 0.4) is 0 Å². The number of hydrogen-bond donors (Lipinski definition) is 2. The summed E-state index contributed by atoms with van der Waals surface area (Å²) < 4.78 is 12.9. The molecule has 15 heavy (non-hydrogen) atoms. The minimum atomic E-state index is -0.679. The van der Waals surface area contributed by atoms with Crippen molar-refractivity contribution in [1.29, 1.82) is 0 Å². The lowest BCUT2D eigenvalue weighted by atomic mass is 9.81. The van der Waals surface area contributed by atoms with Crippen LogP contribution in [0.2, 0.25) is 0 Å². The van der Waals surface area contributed by atoms with E-state index in [0.717, 1.165) is 12.6 Å². The molecular formula is C11H15FN2O. The van der Waals surface area contributed by atoms with Gasteiger partial charge in [0.1, 0.15) is 5.82 Å². The highest BCUT2D eigenvalue weighted by atomic mass is 19.1. The highest BCUT2D eigenvalue weighted by Crippen LogP contribution is 2.31. The highest BCUT2D eigenvalue weighted by Gasteiger charge is 2.39. The molecule has 1 aromatic heterocycles. The third kappa shape index (κ3) is 2.16. The van der Waals surface area contributed by atoms with E-state index in [1.807, 2.05) is 0 Å². The Morgan fingerprint density at radius 2 is 2.27 bits per heavy atom. The SMILES string of the molecule is CC1(C)CC([C@@H](O)c2cncc(F)c2)N1. The molecule has 0 amide bonds. The molecule has 0 bridgehead atoms. The lowest BCUT2D eigenvalue weighted by molar-refractivity contribution is 0.0386. The maximum Gasteiger partial charge on any atom is 0.141 e. The molecule has 0 radical (unpaired) electrons. The van der Waals surface area contributed by atoms with Gasteiger partial charge in [-0.05, 0) is 26.3 Å². The molecule has 1 aromatic rings. The van der Waals surface area contributed by atoms with Gasteiger partial charge in [-0.25, -0.2) is 4.39 Å². The van der Waals surface area contributed by atoms with E-state index in [4.69, 9.17) is 0 Å². The van der Waals surface area contributed by atoms with Gasteiger partial charge in [0.25, 0.3) is 0 Å². The summed E-state index contributed by atoms with van der Waals surface area (Å²) in [6.07, 6.45) is 2.83. The summed E-state index contributed by atoms with van der Waals surface area (Å²) >= 11 is 0. The zero-order chi connectivity index (χ0) is 11.1. The summed E-state index contributed by atoms with van der Waals surface area (Å²) in [6.45, 7) is 4.14.